The van der Waals surface area contributed by atoms with Crippen LogP contribution in [0.3, 0.4) is 0 Å². The highest BCUT2D eigenvalue weighted by Gasteiger charge is 2.26. The zero-order valence-electron chi connectivity index (χ0n) is 11.3. The molecule has 0 saturated carbocycles. The van der Waals surface area contributed by atoms with E-state index in [-0.39, 0.29) is 5.82 Å². The van der Waals surface area contributed by atoms with Gasteiger partial charge in [0.1, 0.15) is 5.82 Å². The summed E-state index contributed by atoms with van der Waals surface area (Å²) >= 11 is 8.14. The van der Waals surface area contributed by atoms with E-state index < -0.39 is 0 Å². The van der Waals surface area contributed by atoms with E-state index >= 15 is 0 Å². The highest BCUT2D eigenvalue weighted by atomic mass is 35.5. The summed E-state index contributed by atoms with van der Waals surface area (Å²) in [5.74, 6) is 2.85. The Morgan fingerprint density at radius 1 is 1.53 bits per heavy atom. The third-order valence-electron chi connectivity index (χ3n) is 3.68. The van der Waals surface area contributed by atoms with E-state index in [9.17, 15) is 4.39 Å². The lowest BCUT2D eigenvalue weighted by Crippen LogP contribution is -2.39. The minimum atomic E-state index is -0.179. The van der Waals surface area contributed by atoms with Gasteiger partial charge in [-0.2, -0.15) is 11.8 Å². The Hall–Kier alpha value is -0.250. The molecule has 19 heavy (non-hydrogen) atoms. The molecule has 0 aromatic heterocycles. The van der Waals surface area contributed by atoms with Gasteiger partial charge in [-0.15, -0.1) is 0 Å². The normalized spacial score (nSPS) is 20.7. The fourth-order valence-electron chi connectivity index (χ4n) is 2.55. The number of nitrogens with one attached hydrogen (secondary N) is 1. The van der Waals surface area contributed by atoms with Crippen LogP contribution in [-0.2, 0) is 6.42 Å². The molecule has 1 fully saturated rings. The molecule has 1 nitrogen and oxygen atoms in total. The van der Waals surface area contributed by atoms with E-state index in [0.717, 1.165) is 13.0 Å². The van der Waals surface area contributed by atoms with Crippen LogP contribution in [0.4, 0.5) is 4.39 Å². The Morgan fingerprint density at radius 2 is 2.37 bits per heavy atom. The monoisotopic (exact) mass is 301 g/mol. The molecule has 1 heterocycles. The lowest BCUT2D eigenvalue weighted by atomic mass is 9.92. The quantitative estimate of drug-likeness (QED) is 0.847. The average Bonchev–Trinajstić information content (AvgIpc) is 2.91. The van der Waals surface area contributed by atoms with Gasteiger partial charge in [-0.25, -0.2) is 4.39 Å². The largest absolute Gasteiger partial charge is 0.313 e. The molecule has 0 aliphatic carbocycles. The first-order chi connectivity index (χ1) is 9.22. The summed E-state index contributed by atoms with van der Waals surface area (Å²) in [7, 11) is 0. The second-order valence-electron chi connectivity index (χ2n) is 5.09. The maximum absolute atomic E-state index is 13.9. The van der Waals surface area contributed by atoms with Crippen LogP contribution in [0.5, 0.6) is 0 Å². The molecule has 0 spiro atoms. The first kappa shape index (κ1) is 15.1. The smallest absolute Gasteiger partial charge is 0.127 e. The van der Waals surface area contributed by atoms with Crippen molar-refractivity contribution in [2.24, 2.45) is 5.92 Å². The summed E-state index contributed by atoms with van der Waals surface area (Å²) < 4.78 is 13.9. The number of hydrogen-bond donors (Lipinski definition) is 1. The molecule has 106 valence electrons. The predicted octanol–water partition coefficient (Wildman–Crippen LogP) is 4.14. The third-order valence-corrected chi connectivity index (χ3v) is 5.22. The van der Waals surface area contributed by atoms with Gasteiger partial charge in [-0.1, -0.05) is 24.6 Å². The molecule has 0 amide bonds. The molecule has 2 atom stereocenters. The third kappa shape index (κ3) is 4.11. The lowest BCUT2D eigenvalue weighted by Gasteiger charge is -2.25. The number of halogens is 2. The van der Waals surface area contributed by atoms with Gasteiger partial charge in [0.2, 0.25) is 0 Å². The molecule has 4 heteroatoms. The summed E-state index contributed by atoms with van der Waals surface area (Å²) in [5.41, 5.74) is 0.662. The molecule has 2 unspecified atom stereocenters. The van der Waals surface area contributed by atoms with E-state index in [1.807, 2.05) is 11.8 Å². The van der Waals surface area contributed by atoms with Crippen LogP contribution in [0.2, 0.25) is 5.02 Å². The van der Waals surface area contributed by atoms with Crippen molar-refractivity contribution in [3.63, 3.8) is 0 Å². The SMILES string of the molecule is CCCNC(Cc1c(F)cccc1Cl)C1CCSC1. The summed E-state index contributed by atoms with van der Waals surface area (Å²) in [4.78, 5) is 0. The first-order valence-electron chi connectivity index (χ1n) is 6.96. The summed E-state index contributed by atoms with van der Waals surface area (Å²) in [6, 6.07) is 5.28. The van der Waals surface area contributed by atoms with E-state index in [2.05, 4.69) is 12.2 Å². The lowest BCUT2D eigenvalue weighted by molar-refractivity contribution is 0.376. The zero-order valence-corrected chi connectivity index (χ0v) is 12.9. The minimum Gasteiger partial charge on any atom is -0.313 e. The topological polar surface area (TPSA) is 12.0 Å². The molecule has 1 aliphatic heterocycles. The Kier molecular flexibility index (Phi) is 5.99. The number of rotatable bonds is 6. The summed E-state index contributed by atoms with van der Waals surface area (Å²) in [5, 5.41) is 4.13. The summed E-state index contributed by atoms with van der Waals surface area (Å²) in [6.07, 6.45) is 3.01. The van der Waals surface area contributed by atoms with Crippen LogP contribution < -0.4 is 5.32 Å². The van der Waals surface area contributed by atoms with Gasteiger partial charge in [0.05, 0.1) is 0 Å². The van der Waals surface area contributed by atoms with Crippen LogP contribution in [0.15, 0.2) is 18.2 Å². The van der Waals surface area contributed by atoms with E-state index in [4.69, 9.17) is 11.6 Å². The fourth-order valence-corrected chi connectivity index (χ4v) is 4.13. The zero-order chi connectivity index (χ0) is 13.7. The predicted molar refractivity (Wildman–Crippen MR) is 82.6 cm³/mol. The van der Waals surface area contributed by atoms with Crippen molar-refractivity contribution in [3.05, 3.63) is 34.6 Å². The van der Waals surface area contributed by atoms with Crippen molar-refractivity contribution in [2.45, 2.75) is 32.2 Å². The standard InChI is InChI=1S/C15H21ClFNS/c1-2-7-18-15(11-6-8-19-10-11)9-12-13(16)4-3-5-14(12)17/h3-5,11,15,18H,2,6-10H2,1H3. The molecule has 2 rings (SSSR count). The van der Waals surface area contributed by atoms with Crippen molar-refractivity contribution < 1.29 is 4.39 Å². The minimum absolute atomic E-state index is 0.179. The second kappa shape index (κ2) is 7.51. The van der Waals surface area contributed by atoms with Crippen LogP contribution in [0, 0.1) is 11.7 Å². The number of benzene rings is 1. The molecule has 1 aromatic carbocycles. The maximum Gasteiger partial charge on any atom is 0.127 e. The van der Waals surface area contributed by atoms with Crippen LogP contribution in [0.25, 0.3) is 0 Å². The Labute approximate surface area is 124 Å². The van der Waals surface area contributed by atoms with Crippen molar-refractivity contribution >= 4 is 23.4 Å². The molecule has 0 radical (unpaired) electrons. The van der Waals surface area contributed by atoms with Gasteiger partial charge < -0.3 is 5.32 Å². The van der Waals surface area contributed by atoms with Crippen LogP contribution >= 0.6 is 23.4 Å². The highest BCUT2D eigenvalue weighted by Crippen LogP contribution is 2.30. The Balaban J connectivity index is 2.10. The molecular formula is C15H21ClFNS. The molecule has 1 N–H and O–H groups in total. The van der Waals surface area contributed by atoms with Crippen molar-refractivity contribution in [3.8, 4) is 0 Å². The molecule has 0 bridgehead atoms. The van der Waals surface area contributed by atoms with Gasteiger partial charge in [-0.05, 0) is 55.4 Å². The molecule has 1 aromatic rings. The van der Waals surface area contributed by atoms with Crippen LogP contribution in [-0.4, -0.2) is 24.1 Å². The Morgan fingerprint density at radius 3 is 3.00 bits per heavy atom. The van der Waals surface area contributed by atoms with Crippen LogP contribution in [0.1, 0.15) is 25.3 Å². The first-order valence-corrected chi connectivity index (χ1v) is 8.49. The highest BCUT2D eigenvalue weighted by molar-refractivity contribution is 7.99. The van der Waals surface area contributed by atoms with E-state index in [1.165, 1.54) is 24.0 Å². The molecule has 1 aliphatic rings. The van der Waals surface area contributed by atoms with Gasteiger partial charge >= 0.3 is 0 Å². The molecular weight excluding hydrogens is 281 g/mol. The van der Waals surface area contributed by atoms with E-state index in [1.54, 1.807) is 12.1 Å². The van der Waals surface area contributed by atoms with Crippen molar-refractivity contribution in [2.75, 3.05) is 18.1 Å². The van der Waals surface area contributed by atoms with Gasteiger partial charge in [0, 0.05) is 16.6 Å². The Bertz CT molecular complexity index is 387. The maximum atomic E-state index is 13.9. The van der Waals surface area contributed by atoms with Gasteiger partial charge in [-0.3, -0.25) is 0 Å². The van der Waals surface area contributed by atoms with E-state index in [0.29, 0.717) is 29.0 Å². The average molecular weight is 302 g/mol. The van der Waals surface area contributed by atoms with Crippen molar-refractivity contribution in [1.29, 1.82) is 0 Å². The van der Waals surface area contributed by atoms with Gasteiger partial charge in [0.25, 0.3) is 0 Å². The number of thioether (sulfide) groups is 1. The summed E-state index contributed by atoms with van der Waals surface area (Å²) in [6.45, 7) is 3.14. The van der Waals surface area contributed by atoms with Gasteiger partial charge in [0.15, 0.2) is 0 Å². The number of hydrogen-bond acceptors (Lipinski definition) is 2. The fraction of sp³-hybridized carbons (Fsp3) is 0.600. The molecule has 1 saturated heterocycles. The van der Waals surface area contributed by atoms with Crippen molar-refractivity contribution in [1.82, 2.24) is 5.32 Å². The second-order valence-corrected chi connectivity index (χ2v) is 6.65.